The van der Waals surface area contributed by atoms with Crippen LogP contribution in [0.1, 0.15) is 52.2 Å². The maximum atomic E-state index is 13.0. The molecule has 2 aromatic carbocycles. The van der Waals surface area contributed by atoms with Gasteiger partial charge in [-0.2, -0.15) is 0 Å². The lowest BCUT2D eigenvalue weighted by atomic mass is 9.88. The van der Waals surface area contributed by atoms with E-state index in [1.807, 2.05) is 52.8 Å². The largest absolute Gasteiger partial charge is 0.598 e. The highest BCUT2D eigenvalue weighted by molar-refractivity contribution is 7.90. The van der Waals surface area contributed by atoms with Crippen LogP contribution in [-0.2, 0) is 26.4 Å². The van der Waals surface area contributed by atoms with E-state index in [2.05, 4.69) is 28.7 Å². The van der Waals surface area contributed by atoms with Crippen molar-refractivity contribution in [3.05, 3.63) is 46.5 Å². The van der Waals surface area contributed by atoms with Gasteiger partial charge in [-0.15, -0.1) is 22.0 Å². The number of hydrogen-bond acceptors (Lipinski definition) is 5. The first-order chi connectivity index (χ1) is 14.5. The van der Waals surface area contributed by atoms with Crippen molar-refractivity contribution in [3.63, 3.8) is 0 Å². The third-order valence-corrected chi connectivity index (χ3v) is 8.22. The molecule has 0 amide bonds. The first kappa shape index (κ1) is 23.9. The number of nitrogens with one attached hydrogen (secondary N) is 1. The van der Waals surface area contributed by atoms with Crippen molar-refractivity contribution < 1.29 is 14.1 Å². The van der Waals surface area contributed by atoms with Crippen molar-refractivity contribution in [2.45, 2.75) is 51.3 Å². The molecule has 3 aromatic rings. The molecular weight excluding hydrogens is 450 g/mol. The summed E-state index contributed by atoms with van der Waals surface area (Å²) >= 11 is 6.94. The average molecular weight is 476 g/mol. The minimum absolute atomic E-state index is 0.00875. The Morgan fingerprint density at radius 3 is 2.48 bits per heavy atom. The molecule has 1 heterocycles. The van der Waals surface area contributed by atoms with Gasteiger partial charge in [0.05, 0.1) is 19.1 Å². The summed E-state index contributed by atoms with van der Waals surface area (Å²) in [5, 5.41) is 2.62. The van der Waals surface area contributed by atoms with Crippen molar-refractivity contribution in [1.82, 2.24) is 4.72 Å². The topological polar surface area (TPSA) is 61.4 Å². The van der Waals surface area contributed by atoms with Gasteiger partial charge in [0.15, 0.2) is 0 Å². The van der Waals surface area contributed by atoms with Crippen LogP contribution in [0.25, 0.3) is 20.2 Å². The van der Waals surface area contributed by atoms with Gasteiger partial charge in [0.25, 0.3) is 0 Å². The van der Waals surface area contributed by atoms with Crippen LogP contribution in [0.3, 0.4) is 0 Å². The van der Waals surface area contributed by atoms with E-state index in [1.165, 1.54) is 7.11 Å². The molecule has 2 atom stereocenters. The third kappa shape index (κ3) is 5.02. The van der Waals surface area contributed by atoms with E-state index < -0.39 is 27.6 Å². The van der Waals surface area contributed by atoms with Crippen LogP contribution in [0.4, 0.5) is 0 Å². The lowest BCUT2D eigenvalue weighted by Gasteiger charge is -2.35. The van der Waals surface area contributed by atoms with E-state index in [4.69, 9.17) is 16.3 Å². The molecule has 31 heavy (non-hydrogen) atoms. The van der Waals surface area contributed by atoms with E-state index in [-0.39, 0.29) is 6.42 Å². The molecular formula is C24H26ClNO3S2. The fourth-order valence-electron chi connectivity index (χ4n) is 3.35. The number of hydrogen-bond donors (Lipinski definition) is 1. The Kier molecular flexibility index (Phi) is 6.95. The number of thiophene rings is 1. The number of fused-ring (bicyclic) bond motifs is 3. The lowest BCUT2D eigenvalue weighted by molar-refractivity contribution is -0.142. The Hall–Kier alpha value is -1.75. The minimum Gasteiger partial charge on any atom is -0.598 e. The van der Waals surface area contributed by atoms with Gasteiger partial charge >= 0.3 is 5.97 Å². The Labute approximate surface area is 195 Å². The number of methoxy groups -OCH3 is 1. The summed E-state index contributed by atoms with van der Waals surface area (Å²) < 4.78 is 22.7. The zero-order chi connectivity index (χ0) is 23.0. The predicted molar refractivity (Wildman–Crippen MR) is 132 cm³/mol. The van der Waals surface area contributed by atoms with Crippen LogP contribution >= 0.6 is 22.9 Å². The minimum atomic E-state index is -1.42. The second-order valence-corrected chi connectivity index (χ2v) is 12.0. The molecule has 7 heteroatoms. The van der Waals surface area contributed by atoms with Gasteiger partial charge in [0, 0.05) is 42.1 Å². The normalized spacial score (nSPS) is 14.7. The van der Waals surface area contributed by atoms with Crippen molar-refractivity contribution in [3.8, 4) is 11.8 Å². The molecule has 0 saturated carbocycles. The van der Waals surface area contributed by atoms with Gasteiger partial charge in [0.2, 0.25) is 0 Å². The average Bonchev–Trinajstić information content (AvgIpc) is 3.03. The maximum Gasteiger partial charge on any atom is 0.307 e. The van der Waals surface area contributed by atoms with Crippen LogP contribution in [0.5, 0.6) is 0 Å². The van der Waals surface area contributed by atoms with Crippen molar-refractivity contribution in [2.24, 2.45) is 0 Å². The van der Waals surface area contributed by atoms with E-state index >= 15 is 0 Å². The second kappa shape index (κ2) is 9.01. The monoisotopic (exact) mass is 475 g/mol. The zero-order valence-corrected chi connectivity index (χ0v) is 20.9. The van der Waals surface area contributed by atoms with Gasteiger partial charge in [-0.3, -0.25) is 4.79 Å². The molecule has 1 unspecified atom stereocenters. The smallest absolute Gasteiger partial charge is 0.307 e. The van der Waals surface area contributed by atoms with Gasteiger partial charge in [-0.1, -0.05) is 17.5 Å². The van der Waals surface area contributed by atoms with Crippen LogP contribution in [-0.4, -0.2) is 22.4 Å². The first-order valence-electron chi connectivity index (χ1n) is 9.84. The quantitative estimate of drug-likeness (QED) is 0.283. The molecule has 0 aliphatic heterocycles. The van der Waals surface area contributed by atoms with E-state index in [1.54, 1.807) is 11.3 Å². The first-order valence-corrected chi connectivity index (χ1v) is 12.2. The fourth-order valence-corrected chi connectivity index (χ4v) is 5.79. The lowest BCUT2D eigenvalue weighted by Crippen LogP contribution is -2.51. The van der Waals surface area contributed by atoms with Crippen LogP contribution in [0.15, 0.2) is 30.3 Å². The van der Waals surface area contributed by atoms with Crippen LogP contribution < -0.4 is 4.72 Å². The number of esters is 1. The van der Waals surface area contributed by atoms with Crippen molar-refractivity contribution >= 4 is 60.4 Å². The fraction of sp³-hybridized carbons (Fsp3) is 0.375. The van der Waals surface area contributed by atoms with Gasteiger partial charge in [-0.25, -0.2) is 0 Å². The highest BCUT2D eigenvalue weighted by atomic mass is 35.5. The number of carbonyl (C=O) groups is 1. The predicted octanol–water partition coefficient (Wildman–Crippen LogP) is 5.91. The van der Waals surface area contributed by atoms with E-state index in [9.17, 15) is 9.35 Å². The molecule has 0 aliphatic rings. The summed E-state index contributed by atoms with van der Waals surface area (Å²) in [5.41, 5.74) is 0.665. The van der Waals surface area contributed by atoms with Gasteiger partial charge < -0.3 is 9.29 Å². The summed E-state index contributed by atoms with van der Waals surface area (Å²) in [6, 6.07) is 10.1. The summed E-state index contributed by atoms with van der Waals surface area (Å²) in [6.45, 7) is 9.28. The molecule has 1 aromatic heterocycles. The molecule has 0 spiro atoms. The highest BCUT2D eigenvalue weighted by Crippen LogP contribution is 2.41. The van der Waals surface area contributed by atoms with E-state index in [0.29, 0.717) is 10.6 Å². The Balaban J connectivity index is 2.22. The summed E-state index contributed by atoms with van der Waals surface area (Å²) in [7, 11) is 1.34. The Bertz CT molecular complexity index is 1200. The molecule has 0 radical (unpaired) electrons. The van der Waals surface area contributed by atoms with Crippen molar-refractivity contribution in [2.75, 3.05) is 7.11 Å². The third-order valence-electron chi connectivity index (χ3n) is 5.02. The molecule has 3 rings (SSSR count). The molecule has 0 saturated heterocycles. The molecule has 0 fully saturated rings. The van der Waals surface area contributed by atoms with E-state index in [0.717, 1.165) is 25.7 Å². The standard InChI is InChI=1S/C24H26ClNO3S2/c1-7-8-15-9-10-20-16(11-15)17-12-18(19(25)13-21(17)30-20)24(5,14-22(27)29-6)26-31(28)23(2,3)4/h9-13,26H,14H2,1-6H3/t24?,31-/m1/s1. The Morgan fingerprint density at radius 1 is 1.19 bits per heavy atom. The second-order valence-electron chi connectivity index (χ2n) is 8.58. The van der Waals surface area contributed by atoms with Crippen LogP contribution in [0.2, 0.25) is 5.02 Å². The SMILES string of the molecule is CC#Cc1ccc2sc3cc(Cl)c(C(C)(CC(=O)OC)N[S@+]([O-])C(C)(C)C)cc3c2c1. The molecule has 1 N–H and O–H groups in total. The number of halogens is 1. The number of rotatable bonds is 5. The zero-order valence-electron chi connectivity index (χ0n) is 18.5. The maximum absolute atomic E-state index is 13.0. The Morgan fingerprint density at radius 2 is 1.87 bits per heavy atom. The summed E-state index contributed by atoms with van der Waals surface area (Å²) in [5.74, 6) is 5.63. The summed E-state index contributed by atoms with van der Waals surface area (Å²) in [6.07, 6.45) is -0.00875. The molecule has 0 bridgehead atoms. The van der Waals surface area contributed by atoms with Crippen molar-refractivity contribution in [1.29, 1.82) is 0 Å². The highest BCUT2D eigenvalue weighted by Gasteiger charge is 2.40. The number of carbonyl (C=O) groups excluding carboxylic acids is 1. The molecule has 4 nitrogen and oxygen atoms in total. The van der Waals surface area contributed by atoms with Crippen LogP contribution in [0, 0.1) is 11.8 Å². The van der Waals surface area contributed by atoms with Gasteiger partial charge in [-0.05, 0) is 70.5 Å². The molecule has 164 valence electrons. The van der Waals surface area contributed by atoms with Gasteiger partial charge in [0.1, 0.15) is 4.75 Å². The number of benzene rings is 2. The molecule has 0 aliphatic carbocycles. The number of ether oxygens (including phenoxy) is 1. The summed E-state index contributed by atoms with van der Waals surface area (Å²) in [4.78, 5) is 12.3.